The van der Waals surface area contributed by atoms with Crippen molar-refractivity contribution < 1.29 is 14.3 Å². The fourth-order valence-corrected chi connectivity index (χ4v) is 2.92. The predicted molar refractivity (Wildman–Crippen MR) is 96.3 cm³/mol. The van der Waals surface area contributed by atoms with Crippen molar-refractivity contribution in [2.45, 2.75) is 45.6 Å². The van der Waals surface area contributed by atoms with Crippen LogP contribution in [0.15, 0.2) is 24.5 Å². The van der Waals surface area contributed by atoms with E-state index in [2.05, 4.69) is 4.98 Å². The van der Waals surface area contributed by atoms with Gasteiger partial charge in [0, 0.05) is 44.6 Å². The molecular formula is C19H29N3O3. The summed E-state index contributed by atoms with van der Waals surface area (Å²) in [6, 6.07) is 3.47. The molecule has 0 N–H and O–H groups in total. The van der Waals surface area contributed by atoms with Crippen LogP contribution in [0.25, 0.3) is 0 Å². The Bertz CT molecular complexity index is 575. The molecule has 2 rings (SSSR count). The largest absolute Gasteiger partial charge is 0.444 e. The van der Waals surface area contributed by atoms with Crippen LogP contribution in [-0.4, -0.2) is 59.1 Å². The summed E-state index contributed by atoms with van der Waals surface area (Å²) >= 11 is 0. The fraction of sp³-hybridized carbons (Fsp3) is 0.632. The number of nitrogens with zero attached hydrogens (tertiary/aromatic N) is 3. The van der Waals surface area contributed by atoms with Crippen LogP contribution in [0.3, 0.4) is 0 Å². The first-order chi connectivity index (χ1) is 11.8. The van der Waals surface area contributed by atoms with Gasteiger partial charge >= 0.3 is 6.09 Å². The Labute approximate surface area is 150 Å². The van der Waals surface area contributed by atoms with E-state index in [4.69, 9.17) is 4.74 Å². The van der Waals surface area contributed by atoms with E-state index in [0.717, 1.165) is 38.9 Å². The van der Waals surface area contributed by atoms with E-state index in [-0.39, 0.29) is 12.0 Å². The second-order valence-electron chi connectivity index (χ2n) is 7.66. The lowest BCUT2D eigenvalue weighted by Crippen LogP contribution is -2.42. The zero-order valence-corrected chi connectivity index (χ0v) is 15.7. The van der Waals surface area contributed by atoms with E-state index in [1.54, 1.807) is 34.3 Å². The monoisotopic (exact) mass is 347 g/mol. The number of rotatable bonds is 4. The number of likely N-dealkylation sites (tertiary alicyclic amines) is 1. The van der Waals surface area contributed by atoms with E-state index in [1.807, 2.05) is 27.8 Å². The number of pyridine rings is 1. The fourth-order valence-electron chi connectivity index (χ4n) is 2.92. The van der Waals surface area contributed by atoms with Crippen LogP contribution in [-0.2, 0) is 4.74 Å². The summed E-state index contributed by atoms with van der Waals surface area (Å²) in [6.45, 7) is 7.81. The second kappa shape index (κ2) is 8.32. The third-order valence-electron chi connectivity index (χ3n) is 4.41. The molecule has 1 fully saturated rings. The second-order valence-corrected chi connectivity index (χ2v) is 7.66. The van der Waals surface area contributed by atoms with Gasteiger partial charge in [-0.3, -0.25) is 9.78 Å². The molecule has 0 saturated carbocycles. The summed E-state index contributed by atoms with van der Waals surface area (Å²) in [5.74, 6) is 0.556. The number of hydrogen-bond donors (Lipinski definition) is 0. The van der Waals surface area contributed by atoms with Crippen LogP contribution in [0.2, 0.25) is 0 Å². The molecule has 25 heavy (non-hydrogen) atoms. The molecule has 0 unspecified atom stereocenters. The molecule has 138 valence electrons. The van der Waals surface area contributed by atoms with Crippen molar-refractivity contribution >= 4 is 12.0 Å². The average molecular weight is 347 g/mol. The molecule has 0 aromatic carbocycles. The molecule has 0 spiro atoms. The first-order valence-corrected chi connectivity index (χ1v) is 8.89. The highest BCUT2D eigenvalue weighted by molar-refractivity contribution is 5.93. The summed E-state index contributed by atoms with van der Waals surface area (Å²) in [5.41, 5.74) is 0.210. The topological polar surface area (TPSA) is 62.7 Å². The van der Waals surface area contributed by atoms with Crippen LogP contribution >= 0.6 is 0 Å². The van der Waals surface area contributed by atoms with Crippen molar-refractivity contribution in [1.82, 2.24) is 14.8 Å². The van der Waals surface area contributed by atoms with Gasteiger partial charge in [0.05, 0.1) is 0 Å². The van der Waals surface area contributed by atoms with Gasteiger partial charge in [-0.15, -0.1) is 0 Å². The van der Waals surface area contributed by atoms with Crippen molar-refractivity contribution in [3.05, 3.63) is 30.1 Å². The molecule has 2 amide bonds. The van der Waals surface area contributed by atoms with Gasteiger partial charge in [-0.05, 0) is 58.1 Å². The third-order valence-corrected chi connectivity index (χ3v) is 4.41. The molecule has 1 aliphatic rings. The minimum absolute atomic E-state index is 0.0218. The van der Waals surface area contributed by atoms with Gasteiger partial charge in [0.15, 0.2) is 0 Å². The molecule has 1 aromatic heterocycles. The van der Waals surface area contributed by atoms with Gasteiger partial charge in [0.1, 0.15) is 5.60 Å². The maximum absolute atomic E-state index is 12.3. The van der Waals surface area contributed by atoms with Crippen LogP contribution in [0.5, 0.6) is 0 Å². The summed E-state index contributed by atoms with van der Waals surface area (Å²) in [7, 11) is 1.83. The Kier molecular flexibility index (Phi) is 6.39. The first-order valence-electron chi connectivity index (χ1n) is 8.89. The summed E-state index contributed by atoms with van der Waals surface area (Å²) in [6.07, 6.45) is 5.90. The summed E-state index contributed by atoms with van der Waals surface area (Å²) < 4.78 is 5.42. The molecule has 0 radical (unpaired) electrons. The molecule has 1 aromatic rings. The van der Waals surface area contributed by atoms with Gasteiger partial charge in [0.25, 0.3) is 5.91 Å². The Balaban J connectivity index is 1.73. The zero-order chi connectivity index (χ0) is 18.4. The van der Waals surface area contributed by atoms with Crippen molar-refractivity contribution in [2.24, 2.45) is 5.92 Å². The minimum Gasteiger partial charge on any atom is -0.444 e. The molecule has 1 saturated heterocycles. The van der Waals surface area contributed by atoms with Crippen LogP contribution in [0.4, 0.5) is 4.79 Å². The maximum atomic E-state index is 12.3. The van der Waals surface area contributed by atoms with Crippen molar-refractivity contribution in [2.75, 3.05) is 26.7 Å². The van der Waals surface area contributed by atoms with Crippen molar-refractivity contribution in [1.29, 1.82) is 0 Å². The number of hydrogen-bond acceptors (Lipinski definition) is 4. The van der Waals surface area contributed by atoms with Gasteiger partial charge in [-0.1, -0.05) is 0 Å². The number of piperidine rings is 1. The quantitative estimate of drug-likeness (QED) is 0.839. The number of amides is 2. The summed E-state index contributed by atoms with van der Waals surface area (Å²) in [4.78, 5) is 31.9. The number of ether oxygens (including phenoxy) is 1. The van der Waals surface area contributed by atoms with Gasteiger partial charge in [0.2, 0.25) is 0 Å². The zero-order valence-electron chi connectivity index (χ0n) is 15.7. The molecule has 0 atom stereocenters. The average Bonchev–Trinajstić information content (AvgIpc) is 2.58. The maximum Gasteiger partial charge on any atom is 0.410 e. The van der Waals surface area contributed by atoms with Gasteiger partial charge in [-0.25, -0.2) is 4.79 Å². The molecular weight excluding hydrogens is 318 g/mol. The van der Waals surface area contributed by atoms with E-state index in [9.17, 15) is 9.59 Å². The molecule has 0 aliphatic carbocycles. The Morgan fingerprint density at radius 1 is 1.24 bits per heavy atom. The highest BCUT2D eigenvalue weighted by Gasteiger charge is 2.27. The highest BCUT2D eigenvalue weighted by atomic mass is 16.6. The normalized spacial score (nSPS) is 15.8. The van der Waals surface area contributed by atoms with E-state index in [1.165, 1.54) is 0 Å². The summed E-state index contributed by atoms with van der Waals surface area (Å²) in [5, 5.41) is 0. The highest BCUT2D eigenvalue weighted by Crippen LogP contribution is 2.22. The SMILES string of the molecule is CN(CCC1CCN(C(=O)OC(C)(C)C)CC1)C(=O)c1ccncc1. The van der Waals surface area contributed by atoms with E-state index < -0.39 is 5.60 Å². The smallest absolute Gasteiger partial charge is 0.410 e. The predicted octanol–water partition coefficient (Wildman–Crippen LogP) is 3.19. The number of aromatic nitrogens is 1. The van der Waals surface area contributed by atoms with E-state index >= 15 is 0 Å². The Morgan fingerprint density at radius 2 is 1.84 bits per heavy atom. The lowest BCUT2D eigenvalue weighted by Gasteiger charge is -2.34. The van der Waals surface area contributed by atoms with Gasteiger partial charge < -0.3 is 14.5 Å². The molecule has 6 heteroatoms. The van der Waals surface area contributed by atoms with E-state index in [0.29, 0.717) is 11.5 Å². The first kappa shape index (κ1) is 19.2. The standard InChI is InChI=1S/C19H29N3O3/c1-19(2,3)25-18(24)22-13-8-15(9-14-22)7-12-21(4)17(23)16-5-10-20-11-6-16/h5-6,10-11,15H,7-9,12-14H2,1-4H3. The van der Waals surface area contributed by atoms with Crippen LogP contribution in [0.1, 0.15) is 50.4 Å². The van der Waals surface area contributed by atoms with Gasteiger partial charge in [-0.2, -0.15) is 0 Å². The third kappa shape index (κ3) is 6.03. The van der Waals surface area contributed by atoms with Crippen LogP contribution in [0, 0.1) is 5.92 Å². The molecule has 1 aliphatic heterocycles. The molecule has 2 heterocycles. The van der Waals surface area contributed by atoms with Crippen LogP contribution < -0.4 is 0 Å². The van der Waals surface area contributed by atoms with Crippen molar-refractivity contribution in [3.8, 4) is 0 Å². The lowest BCUT2D eigenvalue weighted by atomic mass is 9.93. The number of carbonyl (C=O) groups excluding carboxylic acids is 2. The van der Waals surface area contributed by atoms with Crippen molar-refractivity contribution in [3.63, 3.8) is 0 Å². The Morgan fingerprint density at radius 3 is 2.40 bits per heavy atom. The minimum atomic E-state index is -0.454. The lowest BCUT2D eigenvalue weighted by molar-refractivity contribution is 0.0179. The number of carbonyl (C=O) groups is 2. The molecule has 0 bridgehead atoms. The molecule has 6 nitrogen and oxygen atoms in total. The Hall–Kier alpha value is -2.11.